The molecular formula is C49H99N2O7P. The highest BCUT2D eigenvalue weighted by Gasteiger charge is 2.27. The molecule has 4 atom stereocenters. The summed E-state index contributed by atoms with van der Waals surface area (Å²) >= 11 is 0. The summed E-state index contributed by atoms with van der Waals surface area (Å²) in [5.74, 6) is -0.440. The number of aliphatic hydroxyl groups is 2. The first kappa shape index (κ1) is 58.2. The average Bonchev–Trinajstić information content (AvgIpc) is 3.21. The predicted molar refractivity (Wildman–Crippen MR) is 251 cm³/mol. The molecule has 0 aromatic heterocycles. The van der Waals surface area contributed by atoms with Crippen molar-refractivity contribution in [1.82, 2.24) is 5.32 Å². The molecule has 0 aromatic rings. The van der Waals surface area contributed by atoms with E-state index in [-0.39, 0.29) is 19.6 Å². The number of nitrogens with two attached hydrogens (primary N) is 1. The number of unbranched alkanes of at least 4 members (excludes halogenated alkanes) is 34. The van der Waals surface area contributed by atoms with E-state index in [1.807, 2.05) is 6.08 Å². The lowest BCUT2D eigenvalue weighted by atomic mass is 10.0. The number of aliphatic hydroxyl groups excluding tert-OH is 2. The van der Waals surface area contributed by atoms with Gasteiger partial charge >= 0.3 is 7.82 Å². The molecule has 0 aromatic carbocycles. The maximum absolute atomic E-state index is 12.9. The smallest absolute Gasteiger partial charge is 0.393 e. The SMILES string of the molecule is CCCCCCCCCCCCCCCCCCC/C=C/C(O)C(COP(=O)(O)OCCN)NC(=O)CC(O)CCCCCCCCCCCCCCCCCCCC. The first-order valence-corrected chi connectivity index (χ1v) is 26.9. The molecule has 0 saturated carbocycles. The third-order valence-corrected chi connectivity index (χ3v) is 12.7. The van der Waals surface area contributed by atoms with Crippen molar-refractivity contribution in [3.8, 4) is 0 Å². The lowest BCUT2D eigenvalue weighted by molar-refractivity contribution is -0.124. The van der Waals surface area contributed by atoms with Gasteiger partial charge in [0.2, 0.25) is 5.91 Å². The fraction of sp³-hybridized carbons (Fsp3) is 0.939. The second-order valence-corrected chi connectivity index (χ2v) is 19.0. The number of hydrogen-bond acceptors (Lipinski definition) is 7. The van der Waals surface area contributed by atoms with Crippen LogP contribution >= 0.6 is 7.82 Å². The lowest BCUT2D eigenvalue weighted by Gasteiger charge is -2.24. The Morgan fingerprint density at radius 2 is 0.932 bits per heavy atom. The van der Waals surface area contributed by atoms with Crippen LogP contribution in [0.15, 0.2) is 12.2 Å². The minimum Gasteiger partial charge on any atom is -0.393 e. The molecule has 0 aliphatic carbocycles. The minimum atomic E-state index is -4.40. The molecule has 0 heterocycles. The second-order valence-electron chi connectivity index (χ2n) is 17.6. The second kappa shape index (κ2) is 45.2. The number of phosphoric acid groups is 1. The van der Waals surface area contributed by atoms with Crippen molar-refractivity contribution >= 4 is 13.7 Å². The molecule has 6 N–H and O–H groups in total. The van der Waals surface area contributed by atoms with E-state index in [1.165, 1.54) is 193 Å². The van der Waals surface area contributed by atoms with Gasteiger partial charge in [-0.15, -0.1) is 0 Å². The number of rotatable bonds is 48. The summed E-state index contributed by atoms with van der Waals surface area (Å²) in [6.07, 6.45) is 48.7. The van der Waals surface area contributed by atoms with E-state index < -0.39 is 38.6 Å². The molecule has 0 bridgehead atoms. The van der Waals surface area contributed by atoms with E-state index in [2.05, 4.69) is 19.2 Å². The molecule has 0 aliphatic rings. The Balaban J connectivity index is 4.18. The van der Waals surface area contributed by atoms with Gasteiger partial charge in [-0.2, -0.15) is 0 Å². The number of phosphoric ester groups is 1. The van der Waals surface area contributed by atoms with Crippen LogP contribution in [0.25, 0.3) is 0 Å². The van der Waals surface area contributed by atoms with Crippen LogP contribution in [-0.4, -0.2) is 59.0 Å². The van der Waals surface area contributed by atoms with Crippen LogP contribution in [0, 0.1) is 0 Å². The van der Waals surface area contributed by atoms with Crippen LogP contribution in [0.5, 0.6) is 0 Å². The molecule has 4 unspecified atom stereocenters. The van der Waals surface area contributed by atoms with Gasteiger partial charge in [-0.25, -0.2) is 4.57 Å². The predicted octanol–water partition coefficient (Wildman–Crippen LogP) is 13.7. The van der Waals surface area contributed by atoms with E-state index in [4.69, 9.17) is 14.8 Å². The van der Waals surface area contributed by atoms with Crippen molar-refractivity contribution in [3.63, 3.8) is 0 Å². The molecular weight excluding hydrogens is 760 g/mol. The highest BCUT2D eigenvalue weighted by molar-refractivity contribution is 7.47. The molecule has 0 saturated heterocycles. The fourth-order valence-corrected chi connectivity index (χ4v) is 8.59. The van der Waals surface area contributed by atoms with Crippen molar-refractivity contribution < 1.29 is 33.5 Å². The van der Waals surface area contributed by atoms with Crippen LogP contribution in [0.4, 0.5) is 0 Å². The Labute approximate surface area is 365 Å². The fourth-order valence-electron chi connectivity index (χ4n) is 7.83. The maximum atomic E-state index is 12.9. The lowest BCUT2D eigenvalue weighted by Crippen LogP contribution is -2.46. The summed E-state index contributed by atoms with van der Waals surface area (Å²) in [5, 5.41) is 24.2. The summed E-state index contributed by atoms with van der Waals surface area (Å²) < 4.78 is 22.2. The van der Waals surface area contributed by atoms with Crippen molar-refractivity contribution in [3.05, 3.63) is 12.2 Å². The van der Waals surface area contributed by atoms with E-state index in [1.54, 1.807) is 6.08 Å². The highest BCUT2D eigenvalue weighted by Crippen LogP contribution is 2.43. The van der Waals surface area contributed by atoms with Crippen molar-refractivity contribution in [2.75, 3.05) is 19.8 Å². The van der Waals surface area contributed by atoms with E-state index >= 15 is 0 Å². The standard InChI is InChI=1S/C49H99N2O7P/c1-3-5-7-9-11-13-15-17-19-21-23-25-27-29-31-33-35-37-39-41-48(53)47(45-58-59(55,56)57-43-42-50)51-49(54)44-46(52)40-38-36-34-32-30-28-26-24-22-20-18-16-14-12-10-8-6-4-2/h39,41,46-48,52-53H,3-38,40,42-45,50H2,1-2H3,(H,51,54)(H,55,56)/b41-39+. The zero-order chi connectivity index (χ0) is 43.3. The van der Waals surface area contributed by atoms with Crippen LogP contribution in [0.1, 0.15) is 258 Å². The summed E-state index contributed by atoms with van der Waals surface area (Å²) in [5.41, 5.74) is 5.38. The van der Waals surface area contributed by atoms with E-state index in [0.29, 0.717) is 6.42 Å². The van der Waals surface area contributed by atoms with E-state index in [0.717, 1.165) is 38.5 Å². The average molecular weight is 859 g/mol. The molecule has 352 valence electrons. The molecule has 0 spiro atoms. The zero-order valence-electron chi connectivity index (χ0n) is 38.9. The molecule has 0 radical (unpaired) electrons. The molecule has 10 heteroatoms. The number of amides is 1. The Hall–Kier alpha value is -0.800. The van der Waals surface area contributed by atoms with Gasteiger partial charge < -0.3 is 26.2 Å². The van der Waals surface area contributed by atoms with E-state index in [9.17, 15) is 24.5 Å². The Bertz CT molecular complexity index is 955. The summed E-state index contributed by atoms with van der Waals surface area (Å²) in [4.78, 5) is 22.8. The van der Waals surface area contributed by atoms with Crippen molar-refractivity contribution in [2.24, 2.45) is 5.73 Å². The van der Waals surface area contributed by atoms with Gasteiger partial charge in [0, 0.05) is 6.54 Å². The van der Waals surface area contributed by atoms with Crippen LogP contribution in [-0.2, 0) is 18.4 Å². The monoisotopic (exact) mass is 859 g/mol. The zero-order valence-corrected chi connectivity index (χ0v) is 39.8. The number of allylic oxidation sites excluding steroid dienone is 1. The number of nitrogens with one attached hydrogen (secondary N) is 1. The maximum Gasteiger partial charge on any atom is 0.472 e. The number of hydrogen-bond donors (Lipinski definition) is 5. The Morgan fingerprint density at radius 3 is 1.31 bits per heavy atom. The van der Waals surface area contributed by atoms with Crippen molar-refractivity contribution in [2.45, 2.75) is 276 Å². The molecule has 1 amide bonds. The van der Waals surface area contributed by atoms with Gasteiger partial charge in [0.05, 0.1) is 37.9 Å². The third-order valence-electron chi connectivity index (χ3n) is 11.7. The van der Waals surface area contributed by atoms with Crippen molar-refractivity contribution in [1.29, 1.82) is 0 Å². The summed E-state index contributed by atoms with van der Waals surface area (Å²) in [6.45, 7) is 4.02. The highest BCUT2D eigenvalue weighted by atomic mass is 31.2. The molecule has 9 nitrogen and oxygen atoms in total. The van der Waals surface area contributed by atoms with Crippen LogP contribution in [0.3, 0.4) is 0 Å². The Kier molecular flexibility index (Phi) is 44.6. The number of carbonyl (C=O) groups excluding carboxylic acids is 1. The molecule has 0 rings (SSSR count). The largest absolute Gasteiger partial charge is 0.472 e. The summed E-state index contributed by atoms with van der Waals surface area (Å²) in [6, 6.07) is -0.978. The number of carbonyl (C=O) groups is 1. The van der Waals surface area contributed by atoms with Crippen LogP contribution < -0.4 is 11.1 Å². The van der Waals surface area contributed by atoms with Gasteiger partial charge in [0.1, 0.15) is 0 Å². The van der Waals surface area contributed by atoms with Gasteiger partial charge in [-0.1, -0.05) is 244 Å². The summed E-state index contributed by atoms with van der Waals surface area (Å²) in [7, 11) is -4.40. The quantitative estimate of drug-likeness (QED) is 0.0230. The van der Waals surface area contributed by atoms with Crippen LogP contribution in [0.2, 0.25) is 0 Å². The first-order valence-electron chi connectivity index (χ1n) is 25.4. The molecule has 59 heavy (non-hydrogen) atoms. The van der Waals surface area contributed by atoms with Gasteiger partial charge in [-0.3, -0.25) is 13.8 Å². The third kappa shape index (κ3) is 43.6. The van der Waals surface area contributed by atoms with Gasteiger partial charge in [0.15, 0.2) is 0 Å². The Morgan fingerprint density at radius 1 is 0.576 bits per heavy atom. The molecule has 0 fully saturated rings. The topological polar surface area (TPSA) is 151 Å². The minimum absolute atomic E-state index is 0.0518. The first-order chi connectivity index (χ1) is 28.8. The normalized spacial score (nSPS) is 14.5. The van der Waals surface area contributed by atoms with Gasteiger partial charge in [0.25, 0.3) is 0 Å². The van der Waals surface area contributed by atoms with Gasteiger partial charge in [-0.05, 0) is 19.3 Å². The molecule has 0 aliphatic heterocycles.